The van der Waals surface area contributed by atoms with Crippen LogP contribution in [0.4, 0.5) is 13.6 Å². The van der Waals surface area contributed by atoms with Gasteiger partial charge in [-0.25, -0.2) is 13.6 Å². The molecule has 0 saturated carbocycles. The number of alkyl carbamates (subject to hydrolysis) is 1. The lowest BCUT2D eigenvalue weighted by Gasteiger charge is -2.21. The van der Waals surface area contributed by atoms with Gasteiger partial charge in [-0.05, 0) is 27.2 Å². The van der Waals surface area contributed by atoms with Gasteiger partial charge in [-0.3, -0.25) is 4.79 Å². The van der Waals surface area contributed by atoms with E-state index < -0.39 is 29.5 Å². The third-order valence-electron chi connectivity index (χ3n) is 2.01. The van der Waals surface area contributed by atoms with E-state index in [1.54, 1.807) is 20.8 Å². The number of carbonyl (C=O) groups excluding carboxylic acids is 1. The Hall–Kier alpha value is -1.40. The summed E-state index contributed by atoms with van der Waals surface area (Å²) in [5.74, 6) is -6.75. The molecular formula is C11H19F2NO4. The van der Waals surface area contributed by atoms with Crippen molar-refractivity contribution in [3.63, 3.8) is 0 Å². The van der Waals surface area contributed by atoms with E-state index in [1.807, 2.05) is 0 Å². The molecule has 0 spiro atoms. The van der Waals surface area contributed by atoms with Gasteiger partial charge >= 0.3 is 12.1 Å². The molecule has 7 heteroatoms. The van der Waals surface area contributed by atoms with E-state index in [4.69, 9.17) is 9.84 Å². The van der Waals surface area contributed by atoms with Crippen LogP contribution in [0.3, 0.4) is 0 Å². The lowest BCUT2D eigenvalue weighted by molar-refractivity contribution is -0.155. The fourth-order valence-corrected chi connectivity index (χ4v) is 1.23. The van der Waals surface area contributed by atoms with Gasteiger partial charge in [0.05, 0.1) is 0 Å². The Labute approximate surface area is 105 Å². The van der Waals surface area contributed by atoms with Crippen LogP contribution < -0.4 is 5.32 Å². The fraction of sp³-hybridized carbons (Fsp3) is 0.818. The Morgan fingerprint density at radius 3 is 2.11 bits per heavy atom. The summed E-state index contributed by atoms with van der Waals surface area (Å²) < 4.78 is 30.7. The van der Waals surface area contributed by atoms with Crippen molar-refractivity contribution >= 4 is 12.1 Å². The Morgan fingerprint density at radius 1 is 1.28 bits per heavy atom. The number of hydrogen-bond donors (Lipinski definition) is 2. The van der Waals surface area contributed by atoms with Crippen molar-refractivity contribution in [1.29, 1.82) is 0 Å². The third kappa shape index (κ3) is 7.03. The lowest BCUT2D eigenvalue weighted by Crippen LogP contribution is -2.37. The maximum absolute atomic E-state index is 12.9. The molecule has 0 aliphatic rings. The Bertz CT molecular complexity index is 307. The van der Waals surface area contributed by atoms with Crippen LogP contribution in [0.15, 0.2) is 0 Å². The molecule has 0 aliphatic carbocycles. The van der Waals surface area contributed by atoms with Gasteiger partial charge in [-0.1, -0.05) is 0 Å². The summed E-state index contributed by atoms with van der Waals surface area (Å²) >= 11 is 0. The second-order valence-electron chi connectivity index (χ2n) is 5.06. The van der Waals surface area contributed by atoms with E-state index in [1.165, 1.54) is 0 Å². The average molecular weight is 267 g/mol. The van der Waals surface area contributed by atoms with Gasteiger partial charge in [0.2, 0.25) is 0 Å². The molecule has 1 unspecified atom stereocenters. The summed E-state index contributed by atoms with van der Waals surface area (Å²) in [7, 11) is 0. The highest BCUT2D eigenvalue weighted by Gasteiger charge is 2.39. The molecule has 0 radical (unpaired) electrons. The number of carbonyl (C=O) groups is 2. The molecular weight excluding hydrogens is 248 g/mol. The van der Waals surface area contributed by atoms with Gasteiger partial charge < -0.3 is 15.2 Å². The number of halogens is 2. The van der Waals surface area contributed by atoms with Crippen LogP contribution >= 0.6 is 0 Å². The van der Waals surface area contributed by atoms with E-state index in [0.29, 0.717) is 6.92 Å². The highest BCUT2D eigenvalue weighted by molar-refractivity contribution is 5.71. The smallest absolute Gasteiger partial charge is 0.407 e. The summed E-state index contributed by atoms with van der Waals surface area (Å²) in [6, 6.07) is 0. The molecule has 1 amide bonds. The summed E-state index contributed by atoms with van der Waals surface area (Å²) in [5.41, 5.74) is -0.690. The summed E-state index contributed by atoms with van der Waals surface area (Å²) in [6.45, 7) is 5.33. The monoisotopic (exact) mass is 267 g/mol. The molecule has 0 aliphatic heterocycles. The van der Waals surface area contributed by atoms with Gasteiger partial charge in [0.15, 0.2) is 0 Å². The Balaban J connectivity index is 4.17. The van der Waals surface area contributed by atoms with Crippen LogP contribution in [0.1, 0.15) is 34.1 Å². The van der Waals surface area contributed by atoms with E-state index >= 15 is 0 Å². The van der Waals surface area contributed by atoms with Crippen LogP contribution in [0.5, 0.6) is 0 Å². The number of rotatable bonds is 5. The molecule has 1 atom stereocenters. The number of amides is 1. The molecule has 0 heterocycles. The van der Waals surface area contributed by atoms with Crippen molar-refractivity contribution in [2.45, 2.75) is 45.6 Å². The normalized spacial score (nSPS) is 13.9. The molecule has 5 nitrogen and oxygen atoms in total. The second kappa shape index (κ2) is 5.97. The summed E-state index contributed by atoms with van der Waals surface area (Å²) in [5, 5.41) is 10.9. The van der Waals surface area contributed by atoms with E-state index in [-0.39, 0.29) is 13.0 Å². The van der Waals surface area contributed by atoms with E-state index in [0.717, 1.165) is 0 Å². The predicted octanol–water partition coefficient (Wildman–Crippen LogP) is 2.26. The van der Waals surface area contributed by atoms with Crippen molar-refractivity contribution in [1.82, 2.24) is 5.32 Å². The summed E-state index contributed by atoms with van der Waals surface area (Å²) in [4.78, 5) is 21.8. The molecule has 0 aromatic heterocycles. The molecule has 0 aromatic carbocycles. The third-order valence-corrected chi connectivity index (χ3v) is 2.01. The number of alkyl halides is 2. The first-order chi connectivity index (χ1) is 7.93. The lowest BCUT2D eigenvalue weighted by atomic mass is 9.99. The number of nitrogens with one attached hydrogen (secondary N) is 1. The predicted molar refractivity (Wildman–Crippen MR) is 60.6 cm³/mol. The number of aliphatic carboxylic acids is 1. The molecule has 0 aromatic rings. The quantitative estimate of drug-likeness (QED) is 0.801. The first kappa shape index (κ1) is 16.6. The van der Waals surface area contributed by atoms with Gasteiger partial charge in [0.25, 0.3) is 5.92 Å². The van der Waals surface area contributed by atoms with Crippen LogP contribution in [-0.2, 0) is 9.53 Å². The van der Waals surface area contributed by atoms with Crippen molar-refractivity contribution in [3.05, 3.63) is 0 Å². The fourth-order valence-electron chi connectivity index (χ4n) is 1.23. The molecule has 0 fully saturated rings. The average Bonchev–Trinajstić information content (AvgIpc) is 2.06. The second-order valence-corrected chi connectivity index (χ2v) is 5.06. The molecule has 0 bridgehead atoms. The highest BCUT2D eigenvalue weighted by Crippen LogP contribution is 2.26. The molecule has 0 rings (SSSR count). The standard InChI is InChI=1S/C11H19F2NO4/c1-10(2,3)18-9(17)14-6-5-7(8(15)16)11(4,12)13/h7H,5-6H2,1-4H3,(H,14,17)(H,15,16). The van der Waals surface area contributed by atoms with E-state index in [9.17, 15) is 18.4 Å². The highest BCUT2D eigenvalue weighted by atomic mass is 19.3. The first-order valence-electron chi connectivity index (χ1n) is 5.51. The van der Waals surface area contributed by atoms with Crippen molar-refractivity contribution in [2.24, 2.45) is 5.92 Å². The molecule has 18 heavy (non-hydrogen) atoms. The zero-order chi connectivity index (χ0) is 14.6. The molecule has 0 saturated heterocycles. The SMILES string of the molecule is CC(C)(C)OC(=O)NCCC(C(=O)O)C(C)(F)F. The van der Waals surface area contributed by atoms with Gasteiger partial charge in [-0.2, -0.15) is 0 Å². The number of carboxylic acids is 1. The van der Waals surface area contributed by atoms with Crippen LogP contribution in [0.25, 0.3) is 0 Å². The zero-order valence-corrected chi connectivity index (χ0v) is 10.9. The molecule has 2 N–H and O–H groups in total. The van der Waals surface area contributed by atoms with Crippen molar-refractivity contribution < 1.29 is 28.2 Å². The Kier molecular flexibility index (Phi) is 5.51. The maximum atomic E-state index is 12.9. The van der Waals surface area contributed by atoms with Crippen molar-refractivity contribution in [2.75, 3.05) is 6.54 Å². The first-order valence-corrected chi connectivity index (χ1v) is 5.51. The maximum Gasteiger partial charge on any atom is 0.407 e. The van der Waals surface area contributed by atoms with Gasteiger partial charge in [0.1, 0.15) is 11.5 Å². The van der Waals surface area contributed by atoms with Crippen LogP contribution in [0, 0.1) is 5.92 Å². The number of hydrogen-bond acceptors (Lipinski definition) is 3. The largest absolute Gasteiger partial charge is 0.481 e. The zero-order valence-electron chi connectivity index (χ0n) is 10.9. The van der Waals surface area contributed by atoms with Crippen LogP contribution in [0.2, 0.25) is 0 Å². The molecule has 106 valence electrons. The topological polar surface area (TPSA) is 75.6 Å². The van der Waals surface area contributed by atoms with Crippen LogP contribution in [-0.4, -0.2) is 35.2 Å². The van der Waals surface area contributed by atoms with Gasteiger partial charge in [0, 0.05) is 13.5 Å². The minimum Gasteiger partial charge on any atom is -0.481 e. The Morgan fingerprint density at radius 2 is 1.78 bits per heavy atom. The minimum atomic E-state index is -3.33. The van der Waals surface area contributed by atoms with Gasteiger partial charge in [-0.15, -0.1) is 0 Å². The van der Waals surface area contributed by atoms with E-state index in [2.05, 4.69) is 5.32 Å². The number of carboxylic acid groups (broad SMARTS) is 1. The summed E-state index contributed by atoms with van der Waals surface area (Å²) in [6.07, 6.45) is -1.12. The number of ether oxygens (including phenoxy) is 1. The van der Waals surface area contributed by atoms with Crippen molar-refractivity contribution in [3.8, 4) is 0 Å². The minimum absolute atomic E-state index is 0.185.